The van der Waals surface area contributed by atoms with E-state index in [0.29, 0.717) is 5.57 Å². The van der Waals surface area contributed by atoms with E-state index < -0.39 is 7.82 Å². The maximum Gasteiger partial charge on any atom is 0.524 e. The molecule has 0 atom stereocenters. The average Bonchev–Trinajstić information content (AvgIpc) is 1.81. The third kappa shape index (κ3) is 5.56. The van der Waals surface area contributed by atoms with Crippen LogP contribution in [-0.4, -0.2) is 9.79 Å². The summed E-state index contributed by atoms with van der Waals surface area (Å²) in [6.45, 7) is 4.97. The van der Waals surface area contributed by atoms with Crippen LogP contribution in [0.3, 0.4) is 0 Å². The van der Waals surface area contributed by atoms with Gasteiger partial charge in [-0.3, -0.25) is 9.79 Å². The van der Waals surface area contributed by atoms with Crippen LogP contribution >= 0.6 is 7.82 Å². The minimum absolute atomic E-state index is 0.559. The Morgan fingerprint density at radius 3 is 2.50 bits per heavy atom. The Balaban J connectivity index is 3.97. The second-order valence-corrected chi connectivity index (χ2v) is 2.85. The zero-order valence-corrected chi connectivity index (χ0v) is 6.41. The van der Waals surface area contributed by atoms with Gasteiger partial charge in [0, 0.05) is 0 Å². The van der Waals surface area contributed by atoms with Crippen LogP contribution < -0.4 is 0 Å². The molecule has 0 aliphatic heterocycles. The molecule has 0 saturated carbocycles. The van der Waals surface area contributed by atoms with Gasteiger partial charge in [0.05, 0.1) is 6.26 Å². The fraction of sp³-hybridized carbons (Fsp3) is 0.200. The molecule has 5 heteroatoms. The van der Waals surface area contributed by atoms with Crippen molar-refractivity contribution in [2.75, 3.05) is 0 Å². The number of phosphoric ester groups is 1. The Kier molecular flexibility index (Phi) is 3.36. The summed E-state index contributed by atoms with van der Waals surface area (Å²) >= 11 is 0. The summed E-state index contributed by atoms with van der Waals surface area (Å²) < 4.78 is 14.1. The smallest absolute Gasteiger partial charge is 0.412 e. The molecule has 0 radical (unpaired) electrons. The largest absolute Gasteiger partial charge is 0.524 e. The first-order chi connectivity index (χ1) is 4.45. The van der Waals surface area contributed by atoms with Crippen LogP contribution in [0.1, 0.15) is 6.92 Å². The molecule has 0 aromatic heterocycles. The van der Waals surface area contributed by atoms with Crippen molar-refractivity contribution < 1.29 is 18.9 Å². The van der Waals surface area contributed by atoms with Gasteiger partial charge in [-0.25, -0.2) is 4.57 Å². The van der Waals surface area contributed by atoms with E-state index in [1.165, 1.54) is 6.08 Å². The predicted octanol–water partition coefficient (Wildman–Crippen LogP) is 1.19. The summed E-state index contributed by atoms with van der Waals surface area (Å²) in [7, 11) is -4.36. The highest BCUT2D eigenvalue weighted by molar-refractivity contribution is 7.46. The predicted molar refractivity (Wildman–Crippen MR) is 37.1 cm³/mol. The van der Waals surface area contributed by atoms with E-state index in [0.717, 1.165) is 6.26 Å². The van der Waals surface area contributed by atoms with Crippen molar-refractivity contribution in [3.63, 3.8) is 0 Å². The van der Waals surface area contributed by atoms with Crippen molar-refractivity contribution in [2.45, 2.75) is 6.92 Å². The van der Waals surface area contributed by atoms with Crippen LogP contribution in [0.5, 0.6) is 0 Å². The van der Waals surface area contributed by atoms with Crippen LogP contribution in [0.2, 0.25) is 0 Å². The van der Waals surface area contributed by atoms with Crippen LogP contribution in [0.15, 0.2) is 24.5 Å². The molecule has 0 aliphatic carbocycles. The third-order valence-corrected chi connectivity index (χ3v) is 1.08. The van der Waals surface area contributed by atoms with E-state index in [-0.39, 0.29) is 0 Å². The molecule has 0 spiro atoms. The maximum absolute atomic E-state index is 10.0. The van der Waals surface area contributed by atoms with Crippen LogP contribution in [0.4, 0.5) is 0 Å². The summed E-state index contributed by atoms with van der Waals surface area (Å²) in [5.41, 5.74) is 0.559. The van der Waals surface area contributed by atoms with E-state index in [1.54, 1.807) is 6.92 Å². The van der Waals surface area contributed by atoms with E-state index >= 15 is 0 Å². The van der Waals surface area contributed by atoms with E-state index in [2.05, 4.69) is 11.1 Å². The zero-order chi connectivity index (χ0) is 8.20. The van der Waals surface area contributed by atoms with Gasteiger partial charge in [-0.05, 0) is 12.5 Å². The normalized spacial score (nSPS) is 12.9. The van der Waals surface area contributed by atoms with Crippen molar-refractivity contribution in [1.82, 2.24) is 0 Å². The second-order valence-electron chi connectivity index (χ2n) is 1.66. The molecule has 0 rings (SSSR count). The van der Waals surface area contributed by atoms with Crippen molar-refractivity contribution in [3.05, 3.63) is 24.5 Å². The molecule has 58 valence electrons. The quantitative estimate of drug-likeness (QED) is 0.373. The molecule has 0 saturated heterocycles. The lowest BCUT2D eigenvalue weighted by molar-refractivity contribution is 0.257. The first kappa shape index (κ1) is 9.43. The molecule has 0 amide bonds. The average molecular weight is 164 g/mol. The summed E-state index contributed by atoms with van der Waals surface area (Å²) in [6.07, 6.45) is 2.39. The molecule has 0 unspecified atom stereocenters. The lowest BCUT2D eigenvalue weighted by Gasteiger charge is -2.00. The van der Waals surface area contributed by atoms with E-state index in [9.17, 15) is 4.57 Å². The summed E-state index contributed by atoms with van der Waals surface area (Å²) in [5, 5.41) is 0. The lowest BCUT2D eigenvalue weighted by atomic mass is 10.3. The zero-order valence-electron chi connectivity index (χ0n) is 5.52. The molecule has 0 heterocycles. The third-order valence-electron chi connectivity index (χ3n) is 0.698. The first-order valence-electron chi connectivity index (χ1n) is 2.49. The molecule has 0 aromatic rings. The second kappa shape index (κ2) is 3.56. The molecule has 0 aliphatic rings. The van der Waals surface area contributed by atoms with Gasteiger partial charge in [0.2, 0.25) is 0 Å². The fourth-order valence-electron chi connectivity index (χ4n) is 0.200. The summed E-state index contributed by atoms with van der Waals surface area (Å²) in [4.78, 5) is 16.3. The number of rotatable bonds is 3. The van der Waals surface area contributed by atoms with Gasteiger partial charge in [-0.15, -0.1) is 0 Å². The van der Waals surface area contributed by atoms with Gasteiger partial charge < -0.3 is 4.52 Å². The number of hydrogen-bond acceptors (Lipinski definition) is 2. The minimum atomic E-state index is -4.36. The first-order valence-corrected chi connectivity index (χ1v) is 4.02. The van der Waals surface area contributed by atoms with Crippen molar-refractivity contribution >= 4 is 7.82 Å². The minimum Gasteiger partial charge on any atom is -0.412 e. The lowest BCUT2D eigenvalue weighted by Crippen LogP contribution is -1.79. The Bertz CT molecular complexity index is 190. The van der Waals surface area contributed by atoms with Crippen molar-refractivity contribution in [2.24, 2.45) is 0 Å². The Morgan fingerprint density at radius 2 is 2.20 bits per heavy atom. The highest BCUT2D eigenvalue weighted by atomic mass is 31.2. The molecule has 0 bridgehead atoms. The molecule has 4 nitrogen and oxygen atoms in total. The van der Waals surface area contributed by atoms with Crippen molar-refractivity contribution in [3.8, 4) is 0 Å². The van der Waals surface area contributed by atoms with Crippen LogP contribution in [-0.2, 0) is 9.09 Å². The molecule has 2 N–H and O–H groups in total. The molecular formula is C5H9O4P. The highest BCUT2D eigenvalue weighted by Crippen LogP contribution is 2.36. The molecular weight excluding hydrogens is 155 g/mol. The molecule has 0 aromatic carbocycles. The topological polar surface area (TPSA) is 66.8 Å². The Hall–Kier alpha value is -0.570. The standard InChI is InChI=1S/C5H9O4P/c1-3-5(2)4-9-10(6,7)8/h3-4H,1H2,2H3,(H2,6,7,8). The summed E-state index contributed by atoms with van der Waals surface area (Å²) in [5.74, 6) is 0. The number of allylic oxidation sites excluding steroid dienone is 2. The van der Waals surface area contributed by atoms with Gasteiger partial charge in [0.15, 0.2) is 0 Å². The van der Waals surface area contributed by atoms with E-state index in [1.807, 2.05) is 0 Å². The van der Waals surface area contributed by atoms with Crippen LogP contribution in [0.25, 0.3) is 0 Å². The van der Waals surface area contributed by atoms with Gasteiger partial charge >= 0.3 is 7.82 Å². The van der Waals surface area contributed by atoms with Gasteiger partial charge in [-0.2, -0.15) is 0 Å². The fourth-order valence-corrected chi connectivity index (χ4v) is 0.503. The summed E-state index contributed by atoms with van der Waals surface area (Å²) in [6, 6.07) is 0. The monoisotopic (exact) mass is 164 g/mol. The molecule has 10 heavy (non-hydrogen) atoms. The Morgan fingerprint density at radius 1 is 1.70 bits per heavy atom. The maximum atomic E-state index is 10.0. The molecule has 0 fully saturated rings. The number of hydrogen-bond donors (Lipinski definition) is 2. The van der Waals surface area contributed by atoms with Gasteiger partial charge in [0.1, 0.15) is 0 Å². The van der Waals surface area contributed by atoms with E-state index in [4.69, 9.17) is 9.79 Å². The van der Waals surface area contributed by atoms with Gasteiger partial charge in [0.25, 0.3) is 0 Å². The number of phosphoric acid groups is 1. The Labute approximate surface area is 59.1 Å². The van der Waals surface area contributed by atoms with Gasteiger partial charge in [-0.1, -0.05) is 12.7 Å². The van der Waals surface area contributed by atoms with Crippen molar-refractivity contribution in [1.29, 1.82) is 0 Å². The highest BCUT2D eigenvalue weighted by Gasteiger charge is 2.11. The SMILES string of the molecule is C=CC(C)=COP(=O)(O)O. The van der Waals surface area contributed by atoms with Crippen LogP contribution in [0, 0.1) is 0 Å².